The van der Waals surface area contributed by atoms with E-state index in [4.69, 9.17) is 19.5 Å². The zero-order chi connectivity index (χ0) is 36.2. The van der Waals surface area contributed by atoms with E-state index in [1.165, 1.54) is 55.2 Å². The highest BCUT2D eigenvalue weighted by molar-refractivity contribution is 6.11. The Hall–Kier alpha value is -4.90. The van der Waals surface area contributed by atoms with Gasteiger partial charge in [0.1, 0.15) is 28.3 Å². The van der Waals surface area contributed by atoms with Gasteiger partial charge in [0.15, 0.2) is 0 Å². The lowest BCUT2D eigenvalue weighted by molar-refractivity contribution is -0.0137. The van der Waals surface area contributed by atoms with E-state index in [9.17, 15) is 0 Å². The van der Waals surface area contributed by atoms with E-state index in [-0.39, 0.29) is 10.8 Å². The largest absolute Gasteiger partial charge is 0.467 e. The van der Waals surface area contributed by atoms with Gasteiger partial charge in [-0.1, -0.05) is 69.7 Å². The van der Waals surface area contributed by atoms with Gasteiger partial charge in [-0.05, 0) is 124 Å². The predicted octanol–water partition coefficient (Wildman–Crippen LogP) is 11.2. The Morgan fingerprint density at radius 3 is 2.18 bits per heavy atom. The molecule has 3 aliphatic rings. The van der Waals surface area contributed by atoms with Crippen molar-refractivity contribution in [3.8, 4) is 17.2 Å². The molecule has 2 aromatic heterocycles. The summed E-state index contributed by atoms with van der Waals surface area (Å²) in [6, 6.07) is 22.3. The van der Waals surface area contributed by atoms with E-state index in [1.54, 1.807) is 0 Å². The molecular formula is C46H47N3O2. The third-order valence-corrected chi connectivity index (χ3v) is 13.1. The SMILES string of the molecule is Cc1cc(C)c2c(c1)[C@@]1(C)N=C(c3cc(Oc4cc5c(cc4C)C(C)(C)c4cccc6c7c(C)ccnc7n-5c46)c(C)cc3C)O[C@@]1(C)C2(C)C. The van der Waals surface area contributed by atoms with Gasteiger partial charge in [0, 0.05) is 39.4 Å². The van der Waals surface area contributed by atoms with Crippen molar-refractivity contribution in [2.75, 3.05) is 0 Å². The maximum absolute atomic E-state index is 7.09. The first-order valence-electron chi connectivity index (χ1n) is 18.2. The fourth-order valence-corrected chi connectivity index (χ4v) is 10.00. The van der Waals surface area contributed by atoms with Crippen molar-refractivity contribution in [3.05, 3.63) is 128 Å². The molecule has 51 heavy (non-hydrogen) atoms. The molecule has 0 saturated heterocycles. The molecule has 6 aromatic rings. The van der Waals surface area contributed by atoms with Crippen LogP contribution in [0.4, 0.5) is 0 Å². The topological polar surface area (TPSA) is 48.6 Å². The predicted molar refractivity (Wildman–Crippen MR) is 208 cm³/mol. The van der Waals surface area contributed by atoms with Gasteiger partial charge in [-0.25, -0.2) is 9.98 Å². The molecule has 9 rings (SSSR count). The van der Waals surface area contributed by atoms with Crippen LogP contribution in [0.3, 0.4) is 0 Å². The summed E-state index contributed by atoms with van der Waals surface area (Å²) in [4.78, 5) is 10.4. The van der Waals surface area contributed by atoms with E-state index >= 15 is 0 Å². The fourth-order valence-electron chi connectivity index (χ4n) is 10.00. The Morgan fingerprint density at radius 1 is 0.686 bits per heavy atom. The Labute approximate surface area is 301 Å². The third kappa shape index (κ3) is 3.87. The first-order chi connectivity index (χ1) is 24.0. The van der Waals surface area contributed by atoms with Crippen molar-refractivity contribution >= 4 is 27.8 Å². The Balaban J connectivity index is 1.18. The minimum atomic E-state index is -0.552. The molecule has 0 spiro atoms. The summed E-state index contributed by atoms with van der Waals surface area (Å²) in [6.45, 7) is 26.8. The zero-order valence-corrected chi connectivity index (χ0v) is 32.0. The average Bonchev–Trinajstić information content (AvgIpc) is 3.58. The van der Waals surface area contributed by atoms with E-state index in [0.29, 0.717) is 5.90 Å². The number of hydrogen-bond donors (Lipinski definition) is 0. The summed E-state index contributed by atoms with van der Waals surface area (Å²) in [7, 11) is 0. The molecule has 0 saturated carbocycles. The van der Waals surface area contributed by atoms with E-state index in [0.717, 1.165) is 45.1 Å². The van der Waals surface area contributed by atoms with Gasteiger partial charge < -0.3 is 9.47 Å². The molecule has 4 aromatic carbocycles. The van der Waals surface area contributed by atoms with Crippen LogP contribution in [0.15, 0.2) is 71.9 Å². The van der Waals surface area contributed by atoms with E-state index in [2.05, 4.69) is 148 Å². The molecule has 5 nitrogen and oxygen atoms in total. The van der Waals surface area contributed by atoms with Gasteiger partial charge in [-0.3, -0.25) is 4.57 Å². The van der Waals surface area contributed by atoms with Crippen LogP contribution in [0.25, 0.3) is 27.6 Å². The van der Waals surface area contributed by atoms with Crippen LogP contribution in [0.2, 0.25) is 0 Å². The van der Waals surface area contributed by atoms with Gasteiger partial charge in [0.05, 0.1) is 11.2 Å². The molecule has 0 fully saturated rings. The number of rotatable bonds is 3. The van der Waals surface area contributed by atoms with Gasteiger partial charge in [-0.2, -0.15) is 0 Å². The molecule has 0 radical (unpaired) electrons. The molecule has 1 aliphatic carbocycles. The van der Waals surface area contributed by atoms with Crippen LogP contribution < -0.4 is 4.74 Å². The van der Waals surface area contributed by atoms with Crippen LogP contribution in [0, 0.1) is 41.5 Å². The quantitative estimate of drug-likeness (QED) is 0.188. The number of fused-ring (bicyclic) bond motifs is 8. The molecule has 258 valence electrons. The standard InChI is InChI=1S/C46H47N3O2/c1-24-18-29(6)39-34(19-24)45(11)46(12,44(39,9)10)51-42(48-45)31-22-36(27(4)20-26(31)3)50-37-23-35-33(21-28(37)5)43(7,8)32-15-13-14-30-38-25(2)16-17-47-41(38)49(35)40(30)32/h13-23H,1-12H3/t45-,46+/m1/s1. The molecule has 5 heteroatoms. The zero-order valence-electron chi connectivity index (χ0n) is 32.0. The third-order valence-electron chi connectivity index (χ3n) is 13.1. The molecule has 0 bridgehead atoms. The molecule has 2 atom stereocenters. The second kappa shape index (κ2) is 9.91. The fraction of sp³-hybridized carbons (Fsp3) is 0.348. The lowest BCUT2D eigenvalue weighted by Gasteiger charge is -2.41. The van der Waals surface area contributed by atoms with Crippen LogP contribution in [0.1, 0.15) is 103 Å². The molecular weight excluding hydrogens is 627 g/mol. The monoisotopic (exact) mass is 673 g/mol. The average molecular weight is 674 g/mol. The lowest BCUT2D eigenvalue weighted by atomic mass is 9.70. The first kappa shape index (κ1) is 32.0. The highest BCUT2D eigenvalue weighted by Crippen LogP contribution is 2.63. The number of aryl methyl sites for hydroxylation is 6. The second-order valence-corrected chi connectivity index (χ2v) is 16.9. The number of pyridine rings is 1. The van der Waals surface area contributed by atoms with Crippen LogP contribution in [0.5, 0.6) is 11.5 Å². The minimum Gasteiger partial charge on any atom is -0.467 e. The molecule has 2 aliphatic heterocycles. The Morgan fingerprint density at radius 2 is 1.41 bits per heavy atom. The molecule has 0 N–H and O–H groups in total. The van der Waals surface area contributed by atoms with Crippen molar-refractivity contribution in [2.24, 2.45) is 4.99 Å². The van der Waals surface area contributed by atoms with E-state index < -0.39 is 11.1 Å². The normalized spacial score (nSPS) is 22.1. The maximum atomic E-state index is 7.09. The molecule has 4 heterocycles. The Bertz CT molecular complexity index is 2580. The smallest absolute Gasteiger partial charge is 0.218 e. The second-order valence-electron chi connectivity index (χ2n) is 16.9. The summed E-state index contributed by atoms with van der Waals surface area (Å²) in [5.74, 6) is 2.31. The first-order valence-corrected chi connectivity index (χ1v) is 18.2. The summed E-state index contributed by atoms with van der Waals surface area (Å²) in [5, 5.41) is 2.45. The number of para-hydroxylation sites is 1. The highest BCUT2D eigenvalue weighted by Gasteiger charge is 2.68. The van der Waals surface area contributed by atoms with Crippen LogP contribution in [-0.2, 0) is 21.1 Å². The number of hydrogen-bond acceptors (Lipinski definition) is 4. The summed E-state index contributed by atoms with van der Waals surface area (Å²) in [6.07, 6.45) is 1.92. The van der Waals surface area contributed by atoms with Crippen LogP contribution >= 0.6 is 0 Å². The van der Waals surface area contributed by atoms with Gasteiger partial charge in [0.2, 0.25) is 5.90 Å². The lowest BCUT2D eigenvalue weighted by Crippen LogP contribution is -2.51. The van der Waals surface area contributed by atoms with Crippen LogP contribution in [-0.4, -0.2) is 21.0 Å². The van der Waals surface area contributed by atoms with Gasteiger partial charge >= 0.3 is 0 Å². The summed E-state index contributed by atoms with van der Waals surface area (Å²) in [5.41, 5.74) is 15.1. The molecule has 0 unspecified atom stereocenters. The number of aliphatic imine (C=N–C) groups is 1. The number of ether oxygens (including phenoxy) is 2. The van der Waals surface area contributed by atoms with Gasteiger partial charge in [-0.15, -0.1) is 0 Å². The van der Waals surface area contributed by atoms with Crippen molar-refractivity contribution in [1.29, 1.82) is 0 Å². The van der Waals surface area contributed by atoms with Crippen molar-refractivity contribution in [2.45, 2.75) is 105 Å². The van der Waals surface area contributed by atoms with Crippen molar-refractivity contribution in [3.63, 3.8) is 0 Å². The molecule has 0 amide bonds. The highest BCUT2D eigenvalue weighted by atomic mass is 16.5. The van der Waals surface area contributed by atoms with Crippen molar-refractivity contribution in [1.82, 2.24) is 9.55 Å². The summed E-state index contributed by atoms with van der Waals surface area (Å²) >= 11 is 0. The number of benzene rings is 4. The maximum Gasteiger partial charge on any atom is 0.218 e. The Kier molecular flexibility index (Phi) is 6.22. The number of nitrogens with zero attached hydrogens (tertiary/aromatic N) is 3. The summed E-state index contributed by atoms with van der Waals surface area (Å²) < 4.78 is 16.4. The minimum absolute atomic E-state index is 0.199. The van der Waals surface area contributed by atoms with Crippen molar-refractivity contribution < 1.29 is 9.47 Å². The number of aromatic nitrogens is 2. The van der Waals surface area contributed by atoms with E-state index in [1.807, 2.05) is 6.20 Å². The van der Waals surface area contributed by atoms with Gasteiger partial charge in [0.25, 0.3) is 0 Å².